The molecule has 0 saturated carbocycles. The number of anilines is 2. The van der Waals surface area contributed by atoms with Crippen LogP contribution in [0.25, 0.3) is 11.6 Å². The Balaban J connectivity index is 2.06. The van der Waals surface area contributed by atoms with Crippen LogP contribution in [-0.4, -0.2) is 33.2 Å². The Morgan fingerprint density at radius 1 is 1.12 bits per heavy atom. The number of hydrogen-bond acceptors (Lipinski definition) is 3. The highest BCUT2D eigenvalue weighted by molar-refractivity contribution is 6.35. The average Bonchev–Trinajstić information content (AvgIpc) is 2.89. The van der Waals surface area contributed by atoms with E-state index in [0.717, 1.165) is 41.3 Å². The minimum absolute atomic E-state index is 0.0103. The van der Waals surface area contributed by atoms with E-state index in [1.165, 1.54) is 0 Å². The number of fused-ring (bicyclic) bond motifs is 1. The van der Waals surface area contributed by atoms with Gasteiger partial charge in [0.15, 0.2) is 0 Å². The second-order valence-corrected chi connectivity index (χ2v) is 6.04. The van der Waals surface area contributed by atoms with Crippen molar-refractivity contribution in [3.8, 4) is 5.75 Å². The van der Waals surface area contributed by atoms with E-state index >= 15 is 0 Å². The fraction of sp³-hybridized carbons (Fsp3) is 0.286. The Bertz CT molecular complexity index is 822. The van der Waals surface area contributed by atoms with Gasteiger partial charge in [-0.15, -0.1) is 0 Å². The lowest BCUT2D eigenvalue weighted by Crippen LogP contribution is -2.21. The molecule has 0 N–H and O–H groups in total. The average molecular weight is 336 g/mol. The van der Waals surface area contributed by atoms with Gasteiger partial charge < -0.3 is 14.5 Å². The van der Waals surface area contributed by atoms with Crippen LogP contribution in [0.4, 0.5) is 11.4 Å². The maximum absolute atomic E-state index is 12.6. The van der Waals surface area contributed by atoms with Crippen molar-refractivity contribution in [1.82, 2.24) is 0 Å². The van der Waals surface area contributed by atoms with Gasteiger partial charge in [0, 0.05) is 48.6 Å². The van der Waals surface area contributed by atoms with E-state index in [4.69, 9.17) is 4.74 Å². The number of methoxy groups -OCH3 is 1. The zero-order chi connectivity index (χ0) is 18.0. The lowest BCUT2D eigenvalue weighted by atomic mass is 10.0. The normalized spacial score (nSPS) is 14.8. The zero-order valence-electron chi connectivity index (χ0n) is 15.2. The summed E-state index contributed by atoms with van der Waals surface area (Å²) >= 11 is 0. The van der Waals surface area contributed by atoms with E-state index < -0.39 is 0 Å². The number of rotatable bonds is 5. The van der Waals surface area contributed by atoms with E-state index in [0.29, 0.717) is 5.57 Å². The molecule has 1 aliphatic rings. The molecule has 0 fully saturated rings. The van der Waals surface area contributed by atoms with Crippen LogP contribution in [0, 0.1) is 0 Å². The van der Waals surface area contributed by atoms with Gasteiger partial charge in [-0.05, 0) is 38.1 Å². The van der Waals surface area contributed by atoms with Crippen LogP contribution in [-0.2, 0) is 4.79 Å². The smallest absolute Gasteiger partial charge is 0.258 e. The van der Waals surface area contributed by atoms with Crippen molar-refractivity contribution in [3.63, 3.8) is 0 Å². The van der Waals surface area contributed by atoms with Crippen molar-refractivity contribution in [3.05, 3.63) is 53.6 Å². The van der Waals surface area contributed by atoms with Crippen LogP contribution in [0.3, 0.4) is 0 Å². The highest BCUT2D eigenvalue weighted by Crippen LogP contribution is 2.38. The molecule has 1 aliphatic heterocycles. The highest BCUT2D eigenvalue weighted by atomic mass is 16.5. The molecule has 0 bridgehead atoms. The number of likely N-dealkylation sites (N-methyl/N-ethyl adjacent to an activating group) is 1. The summed E-state index contributed by atoms with van der Waals surface area (Å²) in [7, 11) is 3.47. The fourth-order valence-corrected chi connectivity index (χ4v) is 3.30. The third-order valence-corrected chi connectivity index (χ3v) is 4.74. The predicted octanol–water partition coefficient (Wildman–Crippen LogP) is 4.06. The van der Waals surface area contributed by atoms with Gasteiger partial charge in [-0.3, -0.25) is 4.79 Å². The zero-order valence-corrected chi connectivity index (χ0v) is 15.2. The van der Waals surface area contributed by atoms with Crippen molar-refractivity contribution >= 4 is 28.9 Å². The number of carbonyl (C=O) groups excluding carboxylic acids is 1. The lowest BCUT2D eigenvalue weighted by Gasteiger charge is -2.22. The Labute approximate surface area is 149 Å². The highest BCUT2D eigenvalue weighted by Gasteiger charge is 2.29. The van der Waals surface area contributed by atoms with Crippen molar-refractivity contribution in [2.24, 2.45) is 0 Å². The molecule has 2 aromatic rings. The van der Waals surface area contributed by atoms with Gasteiger partial charge in [0.1, 0.15) is 5.75 Å². The van der Waals surface area contributed by atoms with Gasteiger partial charge >= 0.3 is 0 Å². The Hall–Kier alpha value is -2.75. The van der Waals surface area contributed by atoms with E-state index in [-0.39, 0.29) is 5.91 Å². The van der Waals surface area contributed by atoms with E-state index in [1.807, 2.05) is 49.5 Å². The lowest BCUT2D eigenvalue weighted by molar-refractivity contribution is -0.112. The molecule has 0 aliphatic carbocycles. The number of ether oxygens (including phenoxy) is 1. The number of nitrogens with zero attached hydrogens (tertiary/aromatic N) is 2. The summed E-state index contributed by atoms with van der Waals surface area (Å²) in [5, 5.41) is 0. The molecule has 1 amide bonds. The molecule has 2 aromatic carbocycles. The number of carbonyl (C=O) groups is 1. The van der Waals surface area contributed by atoms with Crippen molar-refractivity contribution in [2.45, 2.75) is 13.8 Å². The Morgan fingerprint density at radius 3 is 2.52 bits per heavy atom. The molecule has 0 unspecified atom stereocenters. The molecule has 3 rings (SSSR count). The van der Waals surface area contributed by atoms with Crippen LogP contribution < -0.4 is 14.5 Å². The topological polar surface area (TPSA) is 32.8 Å². The van der Waals surface area contributed by atoms with E-state index in [1.54, 1.807) is 12.0 Å². The summed E-state index contributed by atoms with van der Waals surface area (Å²) in [5.74, 6) is 0.785. The summed E-state index contributed by atoms with van der Waals surface area (Å²) in [6, 6.07) is 14.0. The minimum atomic E-state index is 0.0103. The molecular formula is C21H24N2O2. The first kappa shape index (κ1) is 17.1. The first-order valence-corrected chi connectivity index (χ1v) is 8.62. The summed E-state index contributed by atoms with van der Waals surface area (Å²) in [4.78, 5) is 16.6. The molecule has 0 saturated heterocycles. The van der Waals surface area contributed by atoms with Gasteiger partial charge in [-0.2, -0.15) is 0 Å². The predicted molar refractivity (Wildman–Crippen MR) is 104 cm³/mol. The number of amides is 1. The van der Waals surface area contributed by atoms with Crippen LogP contribution in [0.1, 0.15) is 25.0 Å². The maximum Gasteiger partial charge on any atom is 0.258 e. The molecular weight excluding hydrogens is 312 g/mol. The molecule has 4 nitrogen and oxygen atoms in total. The van der Waals surface area contributed by atoms with E-state index in [2.05, 4.69) is 24.8 Å². The van der Waals surface area contributed by atoms with Crippen molar-refractivity contribution in [2.75, 3.05) is 37.0 Å². The maximum atomic E-state index is 12.6. The molecule has 130 valence electrons. The van der Waals surface area contributed by atoms with Gasteiger partial charge in [0.25, 0.3) is 5.91 Å². The first-order valence-electron chi connectivity index (χ1n) is 8.62. The van der Waals surface area contributed by atoms with Gasteiger partial charge in [0.2, 0.25) is 0 Å². The SMILES string of the molecule is CCN(CC)c1ccc(/C=C2/C(=O)N(C)c3ccccc32)c(OC)c1. The van der Waals surface area contributed by atoms with Crippen LogP contribution >= 0.6 is 0 Å². The van der Waals surface area contributed by atoms with Crippen molar-refractivity contribution < 1.29 is 9.53 Å². The van der Waals surface area contributed by atoms with Gasteiger partial charge in [0.05, 0.1) is 12.8 Å². The van der Waals surface area contributed by atoms with Crippen LogP contribution in [0.15, 0.2) is 42.5 Å². The largest absolute Gasteiger partial charge is 0.496 e. The summed E-state index contributed by atoms with van der Waals surface area (Å²) in [5.41, 5.74) is 4.64. The number of hydrogen-bond donors (Lipinski definition) is 0. The monoisotopic (exact) mass is 336 g/mol. The third kappa shape index (κ3) is 3.00. The standard InChI is InChI=1S/C21H24N2O2/c1-5-23(6-2)16-12-11-15(20(14-16)25-4)13-18-17-9-7-8-10-19(17)22(3)21(18)24/h7-14H,5-6H2,1-4H3/b18-13+. The van der Waals surface area contributed by atoms with Gasteiger partial charge in [-0.1, -0.05) is 18.2 Å². The van der Waals surface area contributed by atoms with E-state index in [9.17, 15) is 4.79 Å². The number of para-hydroxylation sites is 1. The quantitative estimate of drug-likeness (QED) is 0.772. The Morgan fingerprint density at radius 2 is 1.84 bits per heavy atom. The molecule has 0 spiro atoms. The molecule has 0 atom stereocenters. The van der Waals surface area contributed by atoms with Crippen LogP contribution in [0.2, 0.25) is 0 Å². The molecule has 0 aromatic heterocycles. The summed E-state index contributed by atoms with van der Waals surface area (Å²) in [6.45, 7) is 6.15. The third-order valence-electron chi connectivity index (χ3n) is 4.74. The second kappa shape index (κ2) is 7.01. The molecule has 1 heterocycles. The Kier molecular flexibility index (Phi) is 4.79. The molecule has 4 heteroatoms. The summed E-state index contributed by atoms with van der Waals surface area (Å²) < 4.78 is 5.59. The minimum Gasteiger partial charge on any atom is -0.496 e. The van der Waals surface area contributed by atoms with Crippen molar-refractivity contribution in [1.29, 1.82) is 0 Å². The second-order valence-electron chi connectivity index (χ2n) is 6.04. The molecule has 25 heavy (non-hydrogen) atoms. The van der Waals surface area contributed by atoms with Crippen LogP contribution in [0.5, 0.6) is 5.75 Å². The first-order chi connectivity index (χ1) is 12.1. The van der Waals surface area contributed by atoms with Gasteiger partial charge in [-0.25, -0.2) is 0 Å². The summed E-state index contributed by atoms with van der Waals surface area (Å²) in [6.07, 6.45) is 1.93. The fourth-order valence-electron chi connectivity index (χ4n) is 3.30. The number of benzene rings is 2. The molecule has 0 radical (unpaired) electrons.